The lowest BCUT2D eigenvalue weighted by atomic mass is 10.3. The maximum Gasteiger partial charge on any atom is 0.254 e. The second kappa shape index (κ2) is 8.34. The standard InChI is InChI=1S/C18H17ClN4O3S/c19-15-5-4-8-17(11-15)27(25,26)22-10-9-20-18(24)14-12-21-23(13-14)16-6-2-1-3-7-16/h1-8,11-13,22H,9-10H2,(H,20,24). The monoisotopic (exact) mass is 404 g/mol. The Balaban J connectivity index is 1.52. The quantitative estimate of drug-likeness (QED) is 0.590. The number of carbonyl (C=O) groups excluding carboxylic acids is 1. The van der Waals surface area contributed by atoms with Crippen LogP contribution in [0.4, 0.5) is 0 Å². The summed E-state index contributed by atoms with van der Waals surface area (Å²) in [5.74, 6) is -0.334. The van der Waals surface area contributed by atoms with Crippen LogP contribution in [-0.4, -0.2) is 37.2 Å². The van der Waals surface area contributed by atoms with E-state index in [9.17, 15) is 13.2 Å². The van der Waals surface area contributed by atoms with E-state index in [1.807, 2.05) is 30.3 Å². The van der Waals surface area contributed by atoms with Gasteiger partial charge in [0, 0.05) is 24.3 Å². The third kappa shape index (κ3) is 4.94. The number of rotatable bonds is 7. The summed E-state index contributed by atoms with van der Waals surface area (Å²) in [7, 11) is -3.68. The normalized spacial score (nSPS) is 11.3. The van der Waals surface area contributed by atoms with Crippen molar-refractivity contribution < 1.29 is 13.2 Å². The fraction of sp³-hybridized carbons (Fsp3) is 0.111. The molecule has 1 heterocycles. The number of nitrogens with zero attached hydrogens (tertiary/aromatic N) is 2. The molecule has 3 rings (SSSR count). The van der Waals surface area contributed by atoms with E-state index in [0.29, 0.717) is 10.6 Å². The number of aromatic nitrogens is 2. The first-order valence-corrected chi connectivity index (χ1v) is 9.95. The van der Waals surface area contributed by atoms with E-state index in [2.05, 4.69) is 15.1 Å². The highest BCUT2D eigenvalue weighted by Gasteiger charge is 2.14. The van der Waals surface area contributed by atoms with Crippen molar-refractivity contribution >= 4 is 27.5 Å². The fourth-order valence-electron chi connectivity index (χ4n) is 2.34. The van der Waals surface area contributed by atoms with E-state index in [-0.39, 0.29) is 23.9 Å². The summed E-state index contributed by atoms with van der Waals surface area (Å²) >= 11 is 5.81. The Kier molecular flexibility index (Phi) is 5.90. The van der Waals surface area contributed by atoms with E-state index in [1.165, 1.54) is 18.3 Å². The molecule has 0 unspecified atom stereocenters. The Labute approximate surface area is 162 Å². The summed E-state index contributed by atoms with van der Waals surface area (Å²) < 4.78 is 28.3. The van der Waals surface area contributed by atoms with Gasteiger partial charge in [-0.3, -0.25) is 4.79 Å². The van der Waals surface area contributed by atoms with E-state index >= 15 is 0 Å². The zero-order valence-electron chi connectivity index (χ0n) is 14.2. The highest BCUT2D eigenvalue weighted by atomic mass is 35.5. The van der Waals surface area contributed by atoms with Crippen molar-refractivity contribution in [1.82, 2.24) is 19.8 Å². The largest absolute Gasteiger partial charge is 0.351 e. The first kappa shape index (κ1) is 19.1. The number of carbonyl (C=O) groups is 1. The number of sulfonamides is 1. The smallest absolute Gasteiger partial charge is 0.254 e. The third-order valence-electron chi connectivity index (χ3n) is 3.67. The summed E-state index contributed by atoms with van der Waals surface area (Å²) in [6.07, 6.45) is 3.07. The van der Waals surface area contributed by atoms with Crippen molar-refractivity contribution in [2.75, 3.05) is 13.1 Å². The molecule has 0 fully saturated rings. The molecule has 140 valence electrons. The lowest BCUT2D eigenvalue weighted by Gasteiger charge is -2.08. The molecule has 0 aliphatic rings. The minimum atomic E-state index is -3.68. The maximum atomic E-state index is 12.2. The minimum Gasteiger partial charge on any atom is -0.351 e. The zero-order chi connectivity index (χ0) is 19.3. The Morgan fingerprint density at radius 3 is 2.59 bits per heavy atom. The van der Waals surface area contributed by atoms with Crippen molar-refractivity contribution in [2.24, 2.45) is 0 Å². The van der Waals surface area contributed by atoms with Gasteiger partial charge in [0.05, 0.1) is 22.3 Å². The molecule has 0 aliphatic carbocycles. The average molecular weight is 405 g/mol. The van der Waals surface area contributed by atoms with Crippen molar-refractivity contribution in [1.29, 1.82) is 0 Å². The Morgan fingerprint density at radius 2 is 1.85 bits per heavy atom. The van der Waals surface area contributed by atoms with Crippen molar-refractivity contribution in [3.63, 3.8) is 0 Å². The second-order valence-electron chi connectivity index (χ2n) is 5.62. The molecule has 0 spiro atoms. The fourth-order valence-corrected chi connectivity index (χ4v) is 3.68. The lowest BCUT2D eigenvalue weighted by molar-refractivity contribution is 0.0954. The number of hydrogen-bond donors (Lipinski definition) is 2. The molecule has 7 nitrogen and oxygen atoms in total. The maximum absolute atomic E-state index is 12.2. The van der Waals surface area contributed by atoms with Crippen LogP contribution in [0.15, 0.2) is 71.9 Å². The molecule has 0 aliphatic heterocycles. The van der Waals surface area contributed by atoms with Gasteiger partial charge in [-0.25, -0.2) is 17.8 Å². The van der Waals surface area contributed by atoms with Crippen LogP contribution >= 0.6 is 11.6 Å². The van der Waals surface area contributed by atoms with Crippen LogP contribution in [-0.2, 0) is 10.0 Å². The summed E-state index contributed by atoms with van der Waals surface area (Å²) in [5, 5.41) is 7.14. The molecule has 0 bridgehead atoms. The first-order valence-electron chi connectivity index (χ1n) is 8.09. The molecule has 27 heavy (non-hydrogen) atoms. The van der Waals surface area contributed by atoms with Gasteiger partial charge in [0.2, 0.25) is 10.0 Å². The minimum absolute atomic E-state index is 0.0490. The van der Waals surface area contributed by atoms with Gasteiger partial charge in [-0.05, 0) is 30.3 Å². The van der Waals surface area contributed by atoms with Crippen molar-refractivity contribution in [3.8, 4) is 5.69 Å². The van der Waals surface area contributed by atoms with Crippen LogP contribution in [0.2, 0.25) is 5.02 Å². The van der Waals surface area contributed by atoms with Gasteiger partial charge in [0.25, 0.3) is 5.91 Å². The van der Waals surface area contributed by atoms with Gasteiger partial charge < -0.3 is 5.32 Å². The van der Waals surface area contributed by atoms with Crippen LogP contribution in [0.25, 0.3) is 5.69 Å². The molecule has 2 aromatic carbocycles. The molecule has 0 atom stereocenters. The van der Waals surface area contributed by atoms with Gasteiger partial charge in [0.1, 0.15) is 0 Å². The zero-order valence-corrected chi connectivity index (χ0v) is 15.7. The molecule has 1 amide bonds. The number of hydrogen-bond acceptors (Lipinski definition) is 4. The number of benzene rings is 2. The van der Waals surface area contributed by atoms with Gasteiger partial charge >= 0.3 is 0 Å². The highest BCUT2D eigenvalue weighted by Crippen LogP contribution is 2.14. The molecule has 3 aromatic rings. The Morgan fingerprint density at radius 1 is 1.07 bits per heavy atom. The number of nitrogens with one attached hydrogen (secondary N) is 2. The molecule has 0 saturated carbocycles. The molecular weight excluding hydrogens is 388 g/mol. The summed E-state index contributed by atoms with van der Waals surface area (Å²) in [6.45, 7) is 0.183. The number of para-hydroxylation sites is 1. The Hall–Kier alpha value is -2.68. The lowest BCUT2D eigenvalue weighted by Crippen LogP contribution is -2.34. The Bertz CT molecular complexity index is 1040. The SMILES string of the molecule is O=C(NCCNS(=O)(=O)c1cccc(Cl)c1)c1cnn(-c2ccccc2)c1. The second-order valence-corrected chi connectivity index (χ2v) is 7.82. The molecule has 0 saturated heterocycles. The first-order chi connectivity index (χ1) is 13.0. The molecular formula is C18H17ClN4O3S. The predicted octanol–water partition coefficient (Wildman–Crippen LogP) is 2.23. The topological polar surface area (TPSA) is 93.1 Å². The van der Waals surface area contributed by atoms with Gasteiger partial charge in [-0.15, -0.1) is 0 Å². The van der Waals surface area contributed by atoms with Gasteiger partial charge in [-0.1, -0.05) is 35.9 Å². The summed E-state index contributed by atoms with van der Waals surface area (Å²) in [6, 6.07) is 15.4. The number of halogens is 1. The predicted molar refractivity (Wildman–Crippen MR) is 103 cm³/mol. The molecule has 0 radical (unpaired) electrons. The van der Waals surface area contributed by atoms with Gasteiger partial charge in [-0.2, -0.15) is 5.10 Å². The van der Waals surface area contributed by atoms with Crippen LogP contribution in [0, 0.1) is 0 Å². The van der Waals surface area contributed by atoms with E-state index in [1.54, 1.807) is 23.0 Å². The van der Waals surface area contributed by atoms with Crippen LogP contribution in [0.5, 0.6) is 0 Å². The van der Waals surface area contributed by atoms with Crippen LogP contribution in [0.1, 0.15) is 10.4 Å². The third-order valence-corrected chi connectivity index (χ3v) is 5.37. The van der Waals surface area contributed by atoms with Crippen LogP contribution in [0.3, 0.4) is 0 Å². The molecule has 2 N–H and O–H groups in total. The van der Waals surface area contributed by atoms with Crippen molar-refractivity contribution in [3.05, 3.63) is 77.6 Å². The van der Waals surface area contributed by atoms with E-state index in [4.69, 9.17) is 11.6 Å². The van der Waals surface area contributed by atoms with Crippen molar-refractivity contribution in [2.45, 2.75) is 4.90 Å². The van der Waals surface area contributed by atoms with Gasteiger partial charge in [0.15, 0.2) is 0 Å². The molecule has 1 aromatic heterocycles. The highest BCUT2D eigenvalue weighted by molar-refractivity contribution is 7.89. The average Bonchev–Trinajstić information content (AvgIpc) is 3.16. The molecule has 9 heteroatoms. The summed E-state index contributed by atoms with van der Waals surface area (Å²) in [5.41, 5.74) is 1.22. The van der Waals surface area contributed by atoms with Crippen LogP contribution < -0.4 is 10.0 Å². The van der Waals surface area contributed by atoms with E-state index < -0.39 is 10.0 Å². The number of amides is 1. The summed E-state index contributed by atoms with van der Waals surface area (Å²) in [4.78, 5) is 12.2. The van der Waals surface area contributed by atoms with E-state index in [0.717, 1.165) is 5.69 Å².